The molecule has 0 aromatic heterocycles. The van der Waals surface area contributed by atoms with Gasteiger partial charge in [0.25, 0.3) is 0 Å². The zero-order valence-electron chi connectivity index (χ0n) is 10.3. The van der Waals surface area contributed by atoms with Crippen LogP contribution < -0.4 is 10.6 Å². The van der Waals surface area contributed by atoms with Crippen LogP contribution in [0, 0.1) is 5.82 Å². The van der Waals surface area contributed by atoms with Crippen molar-refractivity contribution in [3.05, 3.63) is 24.0 Å². The van der Waals surface area contributed by atoms with E-state index in [9.17, 15) is 4.39 Å². The quantitative estimate of drug-likeness (QED) is 0.798. The molecule has 1 aliphatic heterocycles. The van der Waals surface area contributed by atoms with E-state index in [2.05, 4.69) is 16.7 Å². The van der Waals surface area contributed by atoms with Crippen LogP contribution in [0.3, 0.4) is 0 Å². The highest BCUT2D eigenvalue weighted by atomic mass is 19.1. The molecule has 3 nitrogen and oxygen atoms in total. The third-order valence-electron chi connectivity index (χ3n) is 3.35. The summed E-state index contributed by atoms with van der Waals surface area (Å²) in [6.07, 6.45) is 1.08. The first-order chi connectivity index (χ1) is 8.20. The molecule has 2 N–H and O–H groups in total. The molecule has 1 fully saturated rings. The number of nitrogen functional groups attached to an aromatic ring is 1. The summed E-state index contributed by atoms with van der Waals surface area (Å²) in [7, 11) is 0. The SMILES string of the molecule is CCN1CCCN(c2ccc(N)cc2F)CC1. The molecule has 17 heavy (non-hydrogen) atoms. The molecule has 1 heterocycles. The molecule has 1 aromatic rings. The van der Waals surface area contributed by atoms with Gasteiger partial charge in [-0.1, -0.05) is 6.92 Å². The molecular weight excluding hydrogens is 217 g/mol. The minimum Gasteiger partial charge on any atom is -0.399 e. The highest BCUT2D eigenvalue weighted by molar-refractivity contribution is 5.54. The maximum atomic E-state index is 13.8. The fraction of sp³-hybridized carbons (Fsp3) is 0.538. The lowest BCUT2D eigenvalue weighted by Gasteiger charge is -2.23. The number of benzene rings is 1. The summed E-state index contributed by atoms with van der Waals surface area (Å²) in [6.45, 7) is 7.13. The molecule has 0 atom stereocenters. The van der Waals surface area contributed by atoms with E-state index in [4.69, 9.17) is 5.73 Å². The van der Waals surface area contributed by atoms with Crippen molar-refractivity contribution in [3.63, 3.8) is 0 Å². The Kier molecular flexibility index (Phi) is 3.84. The summed E-state index contributed by atoms with van der Waals surface area (Å²) in [6, 6.07) is 4.95. The van der Waals surface area contributed by atoms with Gasteiger partial charge in [0.2, 0.25) is 0 Å². The molecule has 1 saturated heterocycles. The molecule has 4 heteroatoms. The summed E-state index contributed by atoms with van der Waals surface area (Å²) in [4.78, 5) is 4.51. The lowest BCUT2D eigenvalue weighted by Crippen LogP contribution is -2.31. The summed E-state index contributed by atoms with van der Waals surface area (Å²) < 4.78 is 13.8. The molecule has 1 aromatic carbocycles. The lowest BCUT2D eigenvalue weighted by atomic mass is 10.2. The van der Waals surface area contributed by atoms with E-state index in [1.54, 1.807) is 12.1 Å². The number of halogens is 1. The van der Waals surface area contributed by atoms with Crippen LogP contribution in [0.2, 0.25) is 0 Å². The first kappa shape index (κ1) is 12.2. The maximum absolute atomic E-state index is 13.8. The highest BCUT2D eigenvalue weighted by Crippen LogP contribution is 2.22. The Morgan fingerprint density at radius 2 is 2.06 bits per heavy atom. The molecule has 0 saturated carbocycles. The second kappa shape index (κ2) is 5.36. The third kappa shape index (κ3) is 2.88. The predicted molar refractivity (Wildman–Crippen MR) is 69.8 cm³/mol. The minimum atomic E-state index is -0.213. The van der Waals surface area contributed by atoms with E-state index in [1.165, 1.54) is 6.07 Å². The lowest BCUT2D eigenvalue weighted by molar-refractivity contribution is 0.310. The van der Waals surface area contributed by atoms with Crippen LogP contribution in [0.5, 0.6) is 0 Å². The first-order valence-electron chi connectivity index (χ1n) is 6.23. The second-order valence-electron chi connectivity index (χ2n) is 4.49. The van der Waals surface area contributed by atoms with Gasteiger partial charge in [0, 0.05) is 25.3 Å². The van der Waals surface area contributed by atoms with E-state index in [1.807, 2.05) is 0 Å². The largest absolute Gasteiger partial charge is 0.399 e. The first-order valence-corrected chi connectivity index (χ1v) is 6.23. The van der Waals surface area contributed by atoms with Gasteiger partial charge in [0.05, 0.1) is 5.69 Å². The van der Waals surface area contributed by atoms with Gasteiger partial charge in [-0.25, -0.2) is 4.39 Å². The minimum absolute atomic E-state index is 0.213. The van der Waals surface area contributed by atoms with Crippen LogP contribution in [0.1, 0.15) is 13.3 Å². The van der Waals surface area contributed by atoms with Crippen molar-refractivity contribution in [2.45, 2.75) is 13.3 Å². The van der Waals surface area contributed by atoms with Crippen LogP contribution in [0.15, 0.2) is 18.2 Å². The van der Waals surface area contributed by atoms with Crippen molar-refractivity contribution in [1.29, 1.82) is 0 Å². The standard InChI is InChI=1S/C13H20FN3/c1-2-16-6-3-7-17(9-8-16)13-5-4-11(15)10-12(13)14/h4-5,10H,2-3,6-9,15H2,1H3. The van der Waals surface area contributed by atoms with E-state index in [0.29, 0.717) is 11.4 Å². The third-order valence-corrected chi connectivity index (χ3v) is 3.35. The van der Waals surface area contributed by atoms with Gasteiger partial charge in [-0.2, -0.15) is 0 Å². The number of rotatable bonds is 2. The number of nitrogens with zero attached hydrogens (tertiary/aromatic N) is 2. The van der Waals surface area contributed by atoms with E-state index in [-0.39, 0.29) is 5.82 Å². The molecule has 0 amide bonds. The van der Waals surface area contributed by atoms with Crippen molar-refractivity contribution in [3.8, 4) is 0 Å². The zero-order valence-corrected chi connectivity index (χ0v) is 10.3. The van der Waals surface area contributed by atoms with Gasteiger partial charge in [-0.3, -0.25) is 0 Å². The number of likely N-dealkylation sites (N-methyl/N-ethyl adjacent to an activating group) is 1. The predicted octanol–water partition coefficient (Wildman–Crippen LogP) is 1.94. The molecule has 0 unspecified atom stereocenters. The normalized spacial score (nSPS) is 18.1. The smallest absolute Gasteiger partial charge is 0.148 e. The number of anilines is 2. The fourth-order valence-electron chi connectivity index (χ4n) is 2.31. The Labute approximate surface area is 102 Å². The van der Waals surface area contributed by atoms with Gasteiger partial charge >= 0.3 is 0 Å². The topological polar surface area (TPSA) is 32.5 Å². The summed E-state index contributed by atoms with van der Waals surface area (Å²) >= 11 is 0. The molecule has 2 rings (SSSR count). The van der Waals surface area contributed by atoms with Crippen molar-refractivity contribution in [2.75, 3.05) is 43.4 Å². The van der Waals surface area contributed by atoms with Crippen molar-refractivity contribution in [1.82, 2.24) is 4.90 Å². The van der Waals surface area contributed by atoms with Crippen molar-refractivity contribution < 1.29 is 4.39 Å². The van der Waals surface area contributed by atoms with Crippen LogP contribution in [-0.4, -0.2) is 37.6 Å². The molecule has 1 aliphatic rings. The van der Waals surface area contributed by atoms with Crippen LogP contribution in [-0.2, 0) is 0 Å². The molecular formula is C13H20FN3. The van der Waals surface area contributed by atoms with Crippen LogP contribution in [0.4, 0.5) is 15.8 Å². The average molecular weight is 237 g/mol. The summed E-state index contributed by atoms with van der Waals surface area (Å²) in [5.74, 6) is -0.213. The van der Waals surface area contributed by atoms with Gasteiger partial charge in [-0.05, 0) is 37.7 Å². The Bertz CT molecular complexity index is 381. The zero-order chi connectivity index (χ0) is 12.3. The van der Waals surface area contributed by atoms with E-state index in [0.717, 1.165) is 39.1 Å². The fourth-order valence-corrected chi connectivity index (χ4v) is 2.31. The van der Waals surface area contributed by atoms with Crippen molar-refractivity contribution >= 4 is 11.4 Å². The van der Waals surface area contributed by atoms with Gasteiger partial charge < -0.3 is 15.5 Å². The molecule has 0 bridgehead atoms. The summed E-state index contributed by atoms with van der Waals surface area (Å²) in [5.41, 5.74) is 6.73. The second-order valence-corrected chi connectivity index (χ2v) is 4.49. The highest BCUT2D eigenvalue weighted by Gasteiger charge is 2.16. The van der Waals surface area contributed by atoms with Gasteiger partial charge in [0.1, 0.15) is 5.82 Å². The Morgan fingerprint density at radius 3 is 2.76 bits per heavy atom. The van der Waals surface area contributed by atoms with Crippen LogP contribution >= 0.6 is 0 Å². The molecule has 94 valence electrons. The maximum Gasteiger partial charge on any atom is 0.148 e. The van der Waals surface area contributed by atoms with Gasteiger partial charge in [0.15, 0.2) is 0 Å². The Balaban J connectivity index is 2.11. The number of hydrogen-bond acceptors (Lipinski definition) is 3. The monoisotopic (exact) mass is 237 g/mol. The average Bonchev–Trinajstić information content (AvgIpc) is 2.54. The van der Waals surface area contributed by atoms with E-state index >= 15 is 0 Å². The van der Waals surface area contributed by atoms with Crippen molar-refractivity contribution in [2.24, 2.45) is 0 Å². The summed E-state index contributed by atoms with van der Waals surface area (Å²) in [5, 5.41) is 0. The number of hydrogen-bond donors (Lipinski definition) is 1. The van der Waals surface area contributed by atoms with Crippen LogP contribution in [0.25, 0.3) is 0 Å². The van der Waals surface area contributed by atoms with E-state index < -0.39 is 0 Å². The Morgan fingerprint density at radius 1 is 1.24 bits per heavy atom. The number of nitrogens with two attached hydrogens (primary N) is 1. The molecule has 0 radical (unpaired) electrons. The molecule has 0 aliphatic carbocycles. The molecule has 0 spiro atoms. The Hall–Kier alpha value is -1.29. The van der Waals surface area contributed by atoms with Gasteiger partial charge in [-0.15, -0.1) is 0 Å².